The summed E-state index contributed by atoms with van der Waals surface area (Å²) in [4.78, 5) is 17.5. The van der Waals surface area contributed by atoms with Gasteiger partial charge in [-0.1, -0.05) is 23.8 Å². The molecule has 1 saturated heterocycles. The molecular formula is C22H25F3N2OS. The summed E-state index contributed by atoms with van der Waals surface area (Å²) in [5, 5.41) is 0. The summed E-state index contributed by atoms with van der Waals surface area (Å²) in [5.74, 6) is 0.437. The maximum absolute atomic E-state index is 12.9. The van der Waals surface area contributed by atoms with Gasteiger partial charge >= 0.3 is 6.18 Å². The Labute approximate surface area is 173 Å². The molecular weight excluding hydrogens is 397 g/mol. The molecule has 1 fully saturated rings. The SMILES string of the molecule is Cc1cc(C)c(SCC(=O)N2CCN(c3cccc(C(F)(F)F)c3)CC2)c(C)c1. The Morgan fingerprint density at radius 2 is 1.62 bits per heavy atom. The molecule has 7 heteroatoms. The molecule has 0 aliphatic carbocycles. The molecule has 0 aromatic heterocycles. The summed E-state index contributed by atoms with van der Waals surface area (Å²) < 4.78 is 38.8. The molecule has 0 bridgehead atoms. The van der Waals surface area contributed by atoms with Crippen molar-refractivity contribution in [2.24, 2.45) is 0 Å². The lowest BCUT2D eigenvalue weighted by molar-refractivity contribution is -0.137. The molecule has 0 spiro atoms. The van der Waals surface area contributed by atoms with Crippen LogP contribution in [0.5, 0.6) is 0 Å². The zero-order valence-corrected chi connectivity index (χ0v) is 17.7. The van der Waals surface area contributed by atoms with Crippen LogP contribution >= 0.6 is 11.8 Å². The lowest BCUT2D eigenvalue weighted by atomic mass is 10.1. The minimum atomic E-state index is -4.35. The molecule has 1 aliphatic rings. The number of carbonyl (C=O) groups is 1. The molecule has 1 aliphatic heterocycles. The zero-order valence-electron chi connectivity index (χ0n) is 16.8. The van der Waals surface area contributed by atoms with Crippen LogP contribution in [-0.4, -0.2) is 42.7 Å². The molecule has 0 unspecified atom stereocenters. The number of alkyl halides is 3. The normalized spacial score (nSPS) is 15.0. The van der Waals surface area contributed by atoms with Crippen LogP contribution in [0, 0.1) is 20.8 Å². The van der Waals surface area contributed by atoms with Crippen molar-refractivity contribution in [2.75, 3.05) is 36.8 Å². The fourth-order valence-electron chi connectivity index (χ4n) is 3.71. The topological polar surface area (TPSA) is 23.6 Å². The van der Waals surface area contributed by atoms with E-state index in [-0.39, 0.29) is 5.91 Å². The first-order valence-electron chi connectivity index (χ1n) is 9.56. The van der Waals surface area contributed by atoms with E-state index in [9.17, 15) is 18.0 Å². The maximum atomic E-state index is 12.9. The number of nitrogens with zero attached hydrogens (tertiary/aromatic N) is 2. The fraction of sp³-hybridized carbons (Fsp3) is 0.409. The van der Waals surface area contributed by atoms with Gasteiger partial charge in [-0.15, -0.1) is 11.8 Å². The monoisotopic (exact) mass is 422 g/mol. The van der Waals surface area contributed by atoms with Crippen LogP contribution in [0.3, 0.4) is 0 Å². The first-order valence-corrected chi connectivity index (χ1v) is 10.5. The van der Waals surface area contributed by atoms with Crippen molar-refractivity contribution in [1.29, 1.82) is 0 Å². The van der Waals surface area contributed by atoms with E-state index in [4.69, 9.17) is 0 Å². The summed E-state index contributed by atoms with van der Waals surface area (Å²) in [7, 11) is 0. The lowest BCUT2D eigenvalue weighted by Crippen LogP contribution is -2.49. The van der Waals surface area contributed by atoms with Gasteiger partial charge in [-0.3, -0.25) is 4.79 Å². The first-order chi connectivity index (χ1) is 13.6. The molecule has 3 rings (SSSR count). The van der Waals surface area contributed by atoms with Crippen molar-refractivity contribution in [3.63, 3.8) is 0 Å². The highest BCUT2D eigenvalue weighted by molar-refractivity contribution is 8.00. The molecule has 0 N–H and O–H groups in total. The van der Waals surface area contributed by atoms with Crippen LogP contribution < -0.4 is 4.90 Å². The number of thioether (sulfide) groups is 1. The number of amides is 1. The highest BCUT2D eigenvalue weighted by Gasteiger charge is 2.31. The third-order valence-electron chi connectivity index (χ3n) is 5.12. The van der Waals surface area contributed by atoms with Gasteiger partial charge in [0.15, 0.2) is 0 Å². The molecule has 29 heavy (non-hydrogen) atoms. The number of anilines is 1. The van der Waals surface area contributed by atoms with Crippen molar-refractivity contribution in [3.05, 3.63) is 58.7 Å². The van der Waals surface area contributed by atoms with Crippen molar-refractivity contribution in [1.82, 2.24) is 4.90 Å². The van der Waals surface area contributed by atoms with E-state index in [2.05, 4.69) is 32.9 Å². The fourth-order valence-corrected chi connectivity index (χ4v) is 4.74. The molecule has 1 heterocycles. The number of piperazine rings is 1. The minimum absolute atomic E-state index is 0.0677. The highest BCUT2D eigenvalue weighted by atomic mass is 32.2. The van der Waals surface area contributed by atoms with Crippen LogP contribution in [0.25, 0.3) is 0 Å². The summed E-state index contributed by atoms with van der Waals surface area (Å²) in [5.41, 5.74) is 3.46. The third-order valence-corrected chi connectivity index (χ3v) is 6.44. The summed E-state index contributed by atoms with van der Waals surface area (Å²) in [6.07, 6.45) is -4.35. The predicted octanol–water partition coefficient (Wildman–Crippen LogP) is 5.07. The molecule has 2 aromatic carbocycles. The molecule has 3 nitrogen and oxygen atoms in total. The third kappa shape index (κ3) is 5.26. The average Bonchev–Trinajstić information content (AvgIpc) is 2.66. The largest absolute Gasteiger partial charge is 0.416 e. The number of carbonyl (C=O) groups excluding carboxylic acids is 1. The summed E-state index contributed by atoms with van der Waals surface area (Å²) in [6, 6.07) is 9.61. The number of aryl methyl sites for hydroxylation is 3. The van der Waals surface area contributed by atoms with E-state index in [1.807, 2.05) is 4.90 Å². The quantitative estimate of drug-likeness (QED) is 0.643. The highest BCUT2D eigenvalue weighted by Crippen LogP contribution is 2.32. The average molecular weight is 423 g/mol. The molecule has 2 aromatic rings. The van der Waals surface area contributed by atoms with Crippen molar-refractivity contribution in [3.8, 4) is 0 Å². The van der Waals surface area contributed by atoms with Gasteiger partial charge in [-0.25, -0.2) is 0 Å². The number of rotatable bonds is 4. The Morgan fingerprint density at radius 3 is 2.21 bits per heavy atom. The Bertz CT molecular complexity index is 867. The van der Waals surface area contributed by atoms with Crippen molar-refractivity contribution >= 4 is 23.4 Å². The lowest BCUT2D eigenvalue weighted by Gasteiger charge is -2.36. The minimum Gasteiger partial charge on any atom is -0.368 e. The second-order valence-corrected chi connectivity index (χ2v) is 8.42. The van der Waals surface area contributed by atoms with Gasteiger partial charge in [0.05, 0.1) is 11.3 Å². The number of halogens is 3. The molecule has 0 atom stereocenters. The second-order valence-electron chi connectivity index (χ2n) is 7.43. The molecule has 0 saturated carbocycles. The van der Waals surface area contributed by atoms with E-state index in [1.165, 1.54) is 28.8 Å². The molecule has 156 valence electrons. The van der Waals surface area contributed by atoms with Crippen molar-refractivity contribution in [2.45, 2.75) is 31.8 Å². The predicted molar refractivity (Wildman–Crippen MR) is 112 cm³/mol. The van der Waals surface area contributed by atoms with Crippen LogP contribution in [-0.2, 0) is 11.0 Å². The van der Waals surface area contributed by atoms with Crippen LogP contribution in [0.1, 0.15) is 22.3 Å². The second kappa shape index (κ2) is 8.69. The number of hydrogen-bond acceptors (Lipinski definition) is 3. The van der Waals surface area contributed by atoms with Crippen molar-refractivity contribution < 1.29 is 18.0 Å². The van der Waals surface area contributed by atoms with Gasteiger partial charge in [0, 0.05) is 36.8 Å². The van der Waals surface area contributed by atoms with E-state index >= 15 is 0 Å². The molecule has 1 amide bonds. The summed E-state index contributed by atoms with van der Waals surface area (Å²) in [6.45, 7) is 8.26. The van der Waals surface area contributed by atoms with Crippen LogP contribution in [0.15, 0.2) is 41.3 Å². The Hall–Kier alpha value is -2.15. The molecule has 0 radical (unpaired) electrons. The smallest absolute Gasteiger partial charge is 0.368 e. The van der Waals surface area contributed by atoms with Gasteiger partial charge < -0.3 is 9.80 Å². The van der Waals surface area contributed by atoms with Crippen LogP contribution in [0.4, 0.5) is 18.9 Å². The van der Waals surface area contributed by atoms with Crippen LogP contribution in [0.2, 0.25) is 0 Å². The van der Waals surface area contributed by atoms with E-state index in [0.717, 1.165) is 11.0 Å². The Kier molecular flexibility index (Phi) is 6.46. The van der Waals surface area contributed by atoms with E-state index < -0.39 is 11.7 Å². The Balaban J connectivity index is 1.56. The van der Waals surface area contributed by atoms with Gasteiger partial charge in [-0.2, -0.15) is 13.2 Å². The van der Waals surface area contributed by atoms with E-state index in [1.54, 1.807) is 22.7 Å². The number of hydrogen-bond donors (Lipinski definition) is 0. The maximum Gasteiger partial charge on any atom is 0.416 e. The standard InChI is InChI=1S/C22H25F3N2OS/c1-15-11-16(2)21(17(3)12-15)29-14-20(28)27-9-7-26(8-10-27)19-6-4-5-18(13-19)22(23,24)25/h4-6,11-13H,7-10,14H2,1-3H3. The zero-order chi connectivity index (χ0) is 21.2. The Morgan fingerprint density at radius 1 is 1.00 bits per heavy atom. The van der Waals surface area contributed by atoms with Gasteiger partial charge in [0.25, 0.3) is 0 Å². The van der Waals surface area contributed by atoms with E-state index in [0.29, 0.717) is 37.6 Å². The first kappa shape index (κ1) is 21.6. The van der Waals surface area contributed by atoms with Gasteiger partial charge in [-0.05, 0) is 50.1 Å². The number of benzene rings is 2. The van der Waals surface area contributed by atoms with Gasteiger partial charge in [0.2, 0.25) is 5.91 Å². The van der Waals surface area contributed by atoms with Gasteiger partial charge in [0.1, 0.15) is 0 Å². The summed E-state index contributed by atoms with van der Waals surface area (Å²) >= 11 is 1.56.